The topological polar surface area (TPSA) is 190 Å². The second-order valence-corrected chi connectivity index (χ2v) is 16.9. The van der Waals surface area contributed by atoms with Gasteiger partial charge in [-0.2, -0.15) is 0 Å². The van der Waals surface area contributed by atoms with Gasteiger partial charge in [0.25, 0.3) is 11.7 Å². The van der Waals surface area contributed by atoms with Crippen LogP contribution >= 0.6 is 0 Å². The Kier molecular flexibility index (Phi) is 17.2. The lowest BCUT2D eigenvalue weighted by Crippen LogP contribution is -2.66. The van der Waals surface area contributed by atoms with Gasteiger partial charge in [0.2, 0.25) is 5.79 Å². The van der Waals surface area contributed by atoms with E-state index in [-0.39, 0.29) is 49.7 Å². The summed E-state index contributed by atoms with van der Waals surface area (Å²) in [4.78, 5) is 57.7. The van der Waals surface area contributed by atoms with Crippen molar-refractivity contribution in [3.63, 3.8) is 0 Å². The van der Waals surface area contributed by atoms with Gasteiger partial charge in [0, 0.05) is 58.1 Å². The number of piperidine rings is 1. The lowest BCUT2D eigenvalue weighted by atomic mass is 9.81. The van der Waals surface area contributed by atoms with Gasteiger partial charge in [-0.05, 0) is 90.0 Å². The largest absolute Gasteiger partial charge is 0.456 e. The highest BCUT2D eigenvalue weighted by Crippen LogP contribution is 2.38. The summed E-state index contributed by atoms with van der Waals surface area (Å²) in [5.74, 6) is -7.96. The lowest BCUT2D eigenvalue weighted by Gasteiger charge is -2.47. The SMILES string of the molecule is C=CC[C@H]1/C=C(\C)C[C@H](C)N[C@H](OC)[C@H]2O[C@@](O)(C(=O)C(=O)N3CCCC[C@H]3C(=O)O[C@H](/C(C)=C/[C@@H]3CC[C@@H](O)[C@H](OC)C3)[C@H](C)[C@@H](O)CC1=O)[C@H](C)C[C@@H]2OC. The molecular weight excluding hydrogens is 736 g/mol. The van der Waals surface area contributed by atoms with Gasteiger partial charge in [-0.3, -0.25) is 19.7 Å². The van der Waals surface area contributed by atoms with E-state index in [0.717, 1.165) is 10.5 Å². The second kappa shape index (κ2) is 20.9. The smallest absolute Gasteiger partial charge is 0.329 e. The van der Waals surface area contributed by atoms with Crippen LogP contribution in [0.15, 0.2) is 36.0 Å². The molecule has 4 N–H and O–H groups in total. The Morgan fingerprint density at radius 1 is 0.982 bits per heavy atom. The standard InChI is InChI=1S/C43H68N2O12/c1-10-13-30-19-24(2)18-27(5)44-40(55-9)38-36(54-8)21-26(4)43(52,57-38)39(49)41(50)45-17-12-11-14-31(45)42(51)56-37(28(6)33(47)23-34(30)48)25(3)20-29-15-16-32(46)35(22-29)53-7/h10,19-20,26-33,35-38,40,44,46-47,52H,1,11-18,21-23H2,2-9H3/b24-19+,25-20+/t26-,27+,28-,29+,30+,31+,32-,33+,35-,36+,37-,38+,40-,43-/m1/s1. The number of amides is 1. The van der Waals surface area contributed by atoms with Crippen LogP contribution in [0.2, 0.25) is 0 Å². The Balaban J connectivity index is 1.78. The van der Waals surface area contributed by atoms with Crippen LogP contribution in [-0.2, 0) is 42.9 Å². The van der Waals surface area contributed by atoms with Crippen molar-refractivity contribution < 1.29 is 58.2 Å². The Hall–Kier alpha value is -2.82. The summed E-state index contributed by atoms with van der Waals surface area (Å²) in [6.07, 6.45) is 3.73. The first-order valence-corrected chi connectivity index (χ1v) is 20.6. The van der Waals surface area contributed by atoms with Gasteiger partial charge in [0.15, 0.2) is 0 Å². The van der Waals surface area contributed by atoms with Crippen molar-refractivity contribution in [2.75, 3.05) is 27.9 Å². The number of carbonyl (C=O) groups is 4. The molecule has 4 aliphatic rings. The zero-order valence-electron chi connectivity index (χ0n) is 35.2. The summed E-state index contributed by atoms with van der Waals surface area (Å²) in [5.41, 5.74) is 1.54. The number of methoxy groups -OCH3 is 3. The van der Waals surface area contributed by atoms with Crippen molar-refractivity contribution in [2.24, 2.45) is 23.7 Å². The molecule has 0 radical (unpaired) electrons. The number of carbonyl (C=O) groups excluding carboxylic acids is 4. The molecule has 3 aliphatic heterocycles. The number of hydrogen-bond acceptors (Lipinski definition) is 13. The van der Waals surface area contributed by atoms with E-state index in [1.807, 2.05) is 26.0 Å². The Bertz CT molecular complexity index is 1480. The molecule has 0 spiro atoms. The number of allylic oxidation sites excluding steroid dienone is 3. The van der Waals surface area contributed by atoms with Crippen LogP contribution < -0.4 is 5.32 Å². The van der Waals surface area contributed by atoms with Crippen LogP contribution in [0.1, 0.15) is 98.8 Å². The fraction of sp³-hybridized carbons (Fsp3) is 0.767. The molecule has 0 aromatic heterocycles. The third kappa shape index (κ3) is 11.3. The van der Waals surface area contributed by atoms with E-state index in [2.05, 4.69) is 11.9 Å². The summed E-state index contributed by atoms with van der Waals surface area (Å²) >= 11 is 0. The quantitative estimate of drug-likeness (QED) is 0.166. The average molecular weight is 805 g/mol. The Morgan fingerprint density at radius 3 is 2.33 bits per heavy atom. The maximum atomic E-state index is 14.3. The monoisotopic (exact) mass is 804 g/mol. The van der Waals surface area contributed by atoms with Gasteiger partial charge in [-0.1, -0.05) is 37.6 Å². The van der Waals surface area contributed by atoms with Crippen LogP contribution in [0, 0.1) is 23.7 Å². The maximum absolute atomic E-state index is 14.3. The van der Waals surface area contributed by atoms with Crippen molar-refractivity contribution in [1.82, 2.24) is 10.2 Å². The van der Waals surface area contributed by atoms with E-state index in [1.165, 1.54) is 14.2 Å². The summed E-state index contributed by atoms with van der Waals surface area (Å²) in [6, 6.07) is -1.40. The molecule has 3 fully saturated rings. The van der Waals surface area contributed by atoms with Gasteiger partial charge in [-0.15, -0.1) is 6.58 Å². The number of nitrogens with one attached hydrogen (secondary N) is 1. The van der Waals surface area contributed by atoms with Crippen molar-refractivity contribution in [2.45, 2.75) is 160 Å². The summed E-state index contributed by atoms with van der Waals surface area (Å²) < 4.78 is 29.5. The fourth-order valence-corrected chi connectivity index (χ4v) is 9.09. The summed E-state index contributed by atoms with van der Waals surface area (Å²) in [6.45, 7) is 12.9. The molecule has 1 aliphatic carbocycles. The van der Waals surface area contributed by atoms with E-state index < -0.39 is 84.0 Å². The first-order valence-electron chi connectivity index (χ1n) is 20.6. The first-order chi connectivity index (χ1) is 27.0. The molecule has 14 heteroatoms. The lowest BCUT2D eigenvalue weighted by molar-refractivity contribution is -0.304. The number of aliphatic hydroxyl groups is 3. The molecule has 1 amide bonds. The molecule has 4 rings (SSSR count). The van der Waals surface area contributed by atoms with Gasteiger partial charge >= 0.3 is 5.97 Å². The normalized spacial score (nSPS) is 41.0. The maximum Gasteiger partial charge on any atom is 0.329 e. The number of ether oxygens (including phenoxy) is 5. The van der Waals surface area contributed by atoms with Gasteiger partial charge < -0.3 is 43.9 Å². The first kappa shape index (κ1) is 46.9. The second-order valence-electron chi connectivity index (χ2n) is 16.9. The minimum Gasteiger partial charge on any atom is -0.456 e. The minimum atomic E-state index is -2.55. The highest BCUT2D eigenvalue weighted by molar-refractivity contribution is 6.39. The van der Waals surface area contributed by atoms with Crippen LogP contribution in [-0.4, -0.2) is 132 Å². The highest BCUT2D eigenvalue weighted by Gasteiger charge is 2.56. The zero-order valence-corrected chi connectivity index (χ0v) is 35.2. The number of esters is 1. The van der Waals surface area contributed by atoms with Crippen LogP contribution in [0.5, 0.6) is 0 Å². The zero-order chi connectivity index (χ0) is 42.2. The van der Waals surface area contributed by atoms with Crippen LogP contribution in [0.3, 0.4) is 0 Å². The summed E-state index contributed by atoms with van der Waals surface area (Å²) in [5, 5.41) is 37.5. The number of aliphatic hydroxyl groups excluding tert-OH is 2. The molecule has 3 heterocycles. The van der Waals surface area contributed by atoms with E-state index in [0.29, 0.717) is 50.5 Å². The van der Waals surface area contributed by atoms with E-state index >= 15 is 0 Å². The molecule has 2 saturated heterocycles. The molecule has 322 valence electrons. The highest BCUT2D eigenvalue weighted by atomic mass is 16.7. The third-order valence-electron chi connectivity index (χ3n) is 12.5. The van der Waals surface area contributed by atoms with Crippen molar-refractivity contribution >= 4 is 23.4 Å². The number of ketones is 2. The molecular formula is C43H68N2O12. The molecule has 2 bridgehead atoms. The predicted molar refractivity (Wildman–Crippen MR) is 211 cm³/mol. The molecule has 0 aromatic rings. The molecule has 1 saturated carbocycles. The molecule has 14 nitrogen and oxygen atoms in total. The molecule has 0 aromatic carbocycles. The third-order valence-corrected chi connectivity index (χ3v) is 12.5. The molecule has 0 unspecified atom stereocenters. The Labute approximate surface area is 338 Å². The minimum absolute atomic E-state index is 0.0158. The van der Waals surface area contributed by atoms with E-state index in [9.17, 15) is 34.5 Å². The van der Waals surface area contributed by atoms with Crippen molar-refractivity contribution in [1.29, 1.82) is 0 Å². The summed E-state index contributed by atoms with van der Waals surface area (Å²) in [7, 11) is 4.52. The molecule has 14 atom stereocenters. The van der Waals surface area contributed by atoms with Gasteiger partial charge in [0.1, 0.15) is 30.3 Å². The number of nitrogens with zero attached hydrogens (tertiary/aromatic N) is 1. The van der Waals surface area contributed by atoms with E-state index in [4.69, 9.17) is 23.7 Å². The van der Waals surface area contributed by atoms with Crippen molar-refractivity contribution in [3.8, 4) is 0 Å². The Morgan fingerprint density at radius 2 is 1.68 bits per heavy atom. The van der Waals surface area contributed by atoms with Crippen LogP contribution in [0.25, 0.3) is 0 Å². The molecule has 57 heavy (non-hydrogen) atoms. The number of fused-ring (bicyclic) bond motifs is 3. The predicted octanol–water partition coefficient (Wildman–Crippen LogP) is 3.55. The van der Waals surface area contributed by atoms with Crippen LogP contribution in [0.4, 0.5) is 0 Å². The fourth-order valence-electron chi connectivity index (χ4n) is 9.09. The number of hydrogen-bond donors (Lipinski definition) is 4. The van der Waals surface area contributed by atoms with E-state index in [1.54, 1.807) is 34.0 Å². The van der Waals surface area contributed by atoms with Gasteiger partial charge in [0.05, 0.1) is 24.4 Å². The number of cyclic esters (lactones) is 1. The average Bonchev–Trinajstić information content (AvgIpc) is 3.18. The number of rotatable bonds is 7. The van der Waals surface area contributed by atoms with Gasteiger partial charge in [-0.25, -0.2) is 4.79 Å². The van der Waals surface area contributed by atoms with Crippen molar-refractivity contribution in [3.05, 3.63) is 36.0 Å². The number of Topliss-reactive ketones (excluding diaryl/α,β-unsaturated/α-hetero) is 2.